The number of hydrogen-bond donors (Lipinski definition) is 1. The van der Waals surface area contributed by atoms with Gasteiger partial charge in [-0.15, -0.1) is 6.58 Å². The lowest BCUT2D eigenvalue weighted by atomic mass is 9.68. The van der Waals surface area contributed by atoms with Crippen molar-refractivity contribution in [1.29, 1.82) is 0 Å². The molecule has 0 amide bonds. The Hall–Kier alpha value is -2.50. The van der Waals surface area contributed by atoms with Gasteiger partial charge in [0.25, 0.3) is 0 Å². The molecule has 0 bridgehead atoms. The van der Waals surface area contributed by atoms with Crippen molar-refractivity contribution >= 4 is 23.3 Å². The van der Waals surface area contributed by atoms with E-state index in [9.17, 15) is 9.90 Å². The van der Waals surface area contributed by atoms with E-state index < -0.39 is 0 Å². The fourth-order valence-corrected chi connectivity index (χ4v) is 6.51. The van der Waals surface area contributed by atoms with E-state index in [0.29, 0.717) is 24.5 Å². The molecule has 1 saturated carbocycles. The lowest BCUT2D eigenvalue weighted by Crippen LogP contribution is -2.49. The number of fused-ring (bicyclic) bond motifs is 3. The monoisotopic (exact) mass is 495 g/mol. The first kappa shape index (κ1) is 24.2. The summed E-state index contributed by atoms with van der Waals surface area (Å²) in [7, 11) is 1.40. The second kappa shape index (κ2) is 9.87. The highest BCUT2D eigenvalue weighted by Crippen LogP contribution is 2.46. The largest absolute Gasteiger partial charge is 0.490 e. The summed E-state index contributed by atoms with van der Waals surface area (Å²) < 4.78 is 11.5. The minimum Gasteiger partial charge on any atom is -0.490 e. The molecule has 1 spiro atoms. The highest BCUT2D eigenvalue weighted by molar-refractivity contribution is 6.30. The predicted octanol–water partition coefficient (Wildman–Crippen LogP) is 5.56. The van der Waals surface area contributed by atoms with E-state index in [1.807, 2.05) is 18.2 Å². The predicted molar refractivity (Wildman–Crippen MR) is 139 cm³/mol. The fourth-order valence-electron chi connectivity index (χ4n) is 6.32. The summed E-state index contributed by atoms with van der Waals surface area (Å²) >= 11 is 6.35. The molecule has 6 heteroatoms. The molecular formula is C29H34ClNO4. The third kappa shape index (κ3) is 4.56. The molecular weight excluding hydrogens is 462 g/mol. The topological polar surface area (TPSA) is 59.0 Å². The number of methoxy groups -OCH3 is 1. The van der Waals surface area contributed by atoms with E-state index in [4.69, 9.17) is 21.1 Å². The van der Waals surface area contributed by atoms with Crippen LogP contribution in [0.3, 0.4) is 0 Å². The molecule has 0 radical (unpaired) electrons. The first-order valence-corrected chi connectivity index (χ1v) is 13.0. The normalized spacial score (nSPS) is 26.0. The van der Waals surface area contributed by atoms with Crippen molar-refractivity contribution in [3.05, 3.63) is 70.8 Å². The van der Waals surface area contributed by atoms with Crippen LogP contribution in [-0.2, 0) is 16.6 Å². The maximum atomic E-state index is 12.3. The highest BCUT2D eigenvalue weighted by atomic mass is 35.5. The SMILES string of the molecule is C=CC[C@@H](O)C1CCC1CN1C[C@@]2(CCCc3cc(Cl)ccc32)COc2ccc(C(=O)OC)cc21. The van der Waals surface area contributed by atoms with Crippen molar-refractivity contribution in [3.8, 4) is 5.75 Å². The van der Waals surface area contributed by atoms with Crippen LogP contribution >= 0.6 is 11.6 Å². The zero-order chi connectivity index (χ0) is 24.6. The van der Waals surface area contributed by atoms with Gasteiger partial charge < -0.3 is 19.5 Å². The number of aryl methyl sites for hydroxylation is 1. The molecule has 5 nitrogen and oxygen atoms in total. The molecule has 186 valence electrons. The molecule has 5 rings (SSSR count). The zero-order valence-corrected chi connectivity index (χ0v) is 21.1. The number of hydrogen-bond acceptors (Lipinski definition) is 5. The minimum atomic E-state index is -0.359. The Morgan fingerprint density at radius 3 is 2.94 bits per heavy atom. The van der Waals surface area contributed by atoms with E-state index in [2.05, 4.69) is 23.6 Å². The molecule has 2 aliphatic carbocycles. The molecule has 35 heavy (non-hydrogen) atoms. The van der Waals surface area contributed by atoms with Crippen molar-refractivity contribution in [2.75, 3.05) is 31.7 Å². The van der Waals surface area contributed by atoms with Gasteiger partial charge in [0.15, 0.2) is 0 Å². The molecule has 0 saturated heterocycles. The standard InChI is InChI=1S/C29H34ClNO4/c1-3-5-26(32)23-10-7-21(23)16-31-17-29(13-4-6-19-14-22(30)9-11-24(19)29)18-35-27-12-8-20(15-25(27)31)28(33)34-2/h3,8-9,11-12,14-15,21,23,26,32H,1,4-7,10,13,16-18H2,2H3/t21?,23?,26-,29+/m1/s1. The van der Waals surface area contributed by atoms with Crippen LogP contribution in [0.2, 0.25) is 5.02 Å². The van der Waals surface area contributed by atoms with Crippen molar-refractivity contribution in [3.63, 3.8) is 0 Å². The van der Waals surface area contributed by atoms with Crippen LogP contribution in [0.1, 0.15) is 53.6 Å². The highest BCUT2D eigenvalue weighted by Gasteiger charge is 2.44. The van der Waals surface area contributed by atoms with Gasteiger partial charge >= 0.3 is 5.97 Å². The average molecular weight is 496 g/mol. The van der Waals surface area contributed by atoms with Crippen LogP contribution < -0.4 is 9.64 Å². The van der Waals surface area contributed by atoms with Gasteiger partial charge in [0.2, 0.25) is 0 Å². The number of aliphatic hydroxyl groups is 1. The number of carbonyl (C=O) groups excluding carboxylic acids is 1. The number of benzene rings is 2. The molecule has 1 N–H and O–H groups in total. The quantitative estimate of drug-likeness (QED) is 0.420. The van der Waals surface area contributed by atoms with Crippen molar-refractivity contribution in [1.82, 2.24) is 0 Å². The van der Waals surface area contributed by atoms with Crippen molar-refractivity contribution in [2.24, 2.45) is 11.8 Å². The summed E-state index contributed by atoms with van der Waals surface area (Å²) in [6, 6.07) is 11.8. The van der Waals surface area contributed by atoms with Gasteiger partial charge in [-0.3, -0.25) is 0 Å². The van der Waals surface area contributed by atoms with Crippen LogP contribution in [0.25, 0.3) is 0 Å². The number of esters is 1. The lowest BCUT2D eigenvalue weighted by molar-refractivity contribution is 0.0178. The Morgan fingerprint density at radius 1 is 1.34 bits per heavy atom. The van der Waals surface area contributed by atoms with Crippen molar-refractivity contribution in [2.45, 2.75) is 50.0 Å². The van der Waals surface area contributed by atoms with Gasteiger partial charge in [0.05, 0.1) is 31.1 Å². The van der Waals surface area contributed by atoms with Crippen molar-refractivity contribution < 1.29 is 19.4 Å². The average Bonchev–Trinajstić information content (AvgIpc) is 2.98. The van der Waals surface area contributed by atoms with Gasteiger partial charge in [-0.1, -0.05) is 23.7 Å². The Balaban J connectivity index is 1.53. The number of aliphatic hydroxyl groups excluding tert-OH is 1. The third-order valence-electron chi connectivity index (χ3n) is 8.29. The summed E-state index contributed by atoms with van der Waals surface area (Å²) in [4.78, 5) is 14.7. The zero-order valence-electron chi connectivity index (χ0n) is 20.3. The fraction of sp³-hybridized carbons (Fsp3) is 0.483. The van der Waals surface area contributed by atoms with Gasteiger partial charge in [-0.2, -0.15) is 0 Å². The van der Waals surface area contributed by atoms with Crippen LogP contribution in [0.15, 0.2) is 49.1 Å². The summed E-state index contributed by atoms with van der Waals surface area (Å²) in [5.74, 6) is 1.08. The summed E-state index contributed by atoms with van der Waals surface area (Å²) in [6.07, 6.45) is 7.31. The number of nitrogens with zero attached hydrogens (tertiary/aromatic N) is 1. The second-order valence-electron chi connectivity index (χ2n) is 10.4. The molecule has 3 aliphatic rings. The molecule has 2 aromatic carbocycles. The van der Waals surface area contributed by atoms with E-state index in [1.165, 1.54) is 18.2 Å². The Labute approximate surface area is 212 Å². The molecule has 1 heterocycles. The smallest absolute Gasteiger partial charge is 0.337 e. The van der Waals surface area contributed by atoms with Crippen LogP contribution in [-0.4, -0.2) is 44.0 Å². The third-order valence-corrected chi connectivity index (χ3v) is 8.53. The van der Waals surface area contributed by atoms with Gasteiger partial charge in [0.1, 0.15) is 5.75 Å². The van der Waals surface area contributed by atoms with Gasteiger partial charge in [0, 0.05) is 23.5 Å². The Morgan fingerprint density at radius 2 is 2.20 bits per heavy atom. The van der Waals surface area contributed by atoms with E-state index >= 15 is 0 Å². The minimum absolute atomic E-state index is 0.165. The molecule has 0 aromatic heterocycles. The maximum Gasteiger partial charge on any atom is 0.337 e. The van der Waals surface area contributed by atoms with E-state index in [-0.39, 0.29) is 23.4 Å². The summed E-state index contributed by atoms with van der Waals surface area (Å²) in [5, 5.41) is 11.4. The molecule has 4 atom stereocenters. The first-order valence-electron chi connectivity index (χ1n) is 12.6. The summed E-state index contributed by atoms with van der Waals surface area (Å²) in [6.45, 7) is 5.98. The number of carbonyl (C=O) groups is 1. The maximum absolute atomic E-state index is 12.3. The van der Waals surface area contributed by atoms with Crippen LogP contribution in [0, 0.1) is 11.8 Å². The number of rotatable bonds is 6. The van der Waals surface area contributed by atoms with Gasteiger partial charge in [-0.05, 0) is 91.8 Å². The molecule has 1 fully saturated rings. The van der Waals surface area contributed by atoms with E-state index in [0.717, 1.165) is 61.7 Å². The molecule has 2 unspecified atom stereocenters. The number of halogens is 1. The Kier molecular flexibility index (Phi) is 6.82. The first-order chi connectivity index (χ1) is 16.9. The van der Waals surface area contributed by atoms with Crippen LogP contribution in [0.4, 0.5) is 5.69 Å². The summed E-state index contributed by atoms with van der Waals surface area (Å²) in [5.41, 5.74) is 3.90. The molecule has 1 aliphatic heterocycles. The number of anilines is 1. The molecule has 2 aromatic rings. The van der Waals surface area contributed by atoms with Gasteiger partial charge in [-0.25, -0.2) is 4.79 Å². The second-order valence-corrected chi connectivity index (χ2v) is 10.8. The van der Waals surface area contributed by atoms with E-state index in [1.54, 1.807) is 12.1 Å². The Bertz CT molecular complexity index is 1120. The number of ether oxygens (including phenoxy) is 2. The van der Waals surface area contributed by atoms with Crippen LogP contribution in [0.5, 0.6) is 5.75 Å². The lowest BCUT2D eigenvalue weighted by Gasteiger charge is -2.45.